The fraction of sp³-hybridized carbons (Fsp3) is 0.571. The van der Waals surface area contributed by atoms with Crippen molar-refractivity contribution in [1.82, 2.24) is 14.7 Å². The Bertz CT molecular complexity index is 1260. The highest BCUT2D eigenvalue weighted by atomic mass is 35.5. The van der Waals surface area contributed by atoms with Gasteiger partial charge in [0, 0.05) is 6.04 Å². The van der Waals surface area contributed by atoms with E-state index in [1.165, 1.54) is 17.0 Å². The molecule has 4 rings (SSSR count). The molecule has 1 amide bonds. The van der Waals surface area contributed by atoms with Crippen molar-refractivity contribution >= 4 is 40.9 Å². The Morgan fingerprint density at radius 3 is 2.15 bits per heavy atom. The molecule has 0 saturated heterocycles. The minimum absolute atomic E-state index is 0.0120. The summed E-state index contributed by atoms with van der Waals surface area (Å²) >= 11 is 12.4. The molecule has 0 bridgehead atoms. The minimum atomic E-state index is -4.90. The summed E-state index contributed by atoms with van der Waals surface area (Å²) in [5.74, 6) is -3.09. The molecule has 2 aliphatic carbocycles. The van der Waals surface area contributed by atoms with Crippen molar-refractivity contribution in [2.75, 3.05) is 6.54 Å². The van der Waals surface area contributed by atoms with Crippen molar-refractivity contribution in [2.45, 2.75) is 83.5 Å². The van der Waals surface area contributed by atoms with Crippen LogP contribution in [-0.2, 0) is 11.0 Å². The molecule has 0 aliphatic heterocycles. The molecule has 0 spiro atoms. The van der Waals surface area contributed by atoms with Gasteiger partial charge in [-0.2, -0.15) is 18.3 Å². The van der Waals surface area contributed by atoms with Crippen LogP contribution in [0.1, 0.15) is 97.7 Å². The van der Waals surface area contributed by atoms with E-state index in [1.807, 2.05) is 0 Å². The molecule has 1 aromatic heterocycles. The van der Waals surface area contributed by atoms with Gasteiger partial charge in [-0.1, -0.05) is 43.1 Å². The second-order valence-corrected chi connectivity index (χ2v) is 12.4. The topological polar surface area (TPSA) is 92.5 Å². The van der Waals surface area contributed by atoms with Crippen LogP contribution in [-0.4, -0.2) is 50.0 Å². The lowest BCUT2D eigenvalue weighted by Gasteiger charge is -2.40. The number of rotatable bonds is 7. The summed E-state index contributed by atoms with van der Waals surface area (Å²) in [7, 11) is 0. The molecular weight excluding hydrogens is 570 g/mol. The molecule has 7 nitrogen and oxygen atoms in total. The predicted octanol–water partition coefficient (Wildman–Crippen LogP) is 7.32. The van der Waals surface area contributed by atoms with Crippen LogP contribution in [0, 0.1) is 11.3 Å². The number of Topliss-reactive ketones (excluding diaryl/α,β-unsaturated/α-hetero) is 1. The minimum Gasteiger partial charge on any atom is -0.481 e. The van der Waals surface area contributed by atoms with Crippen molar-refractivity contribution in [2.24, 2.45) is 11.3 Å². The number of carbonyl (C=O) groups excluding carboxylic acids is 2. The molecule has 2 aromatic rings. The number of alkyl halides is 3. The first-order valence-corrected chi connectivity index (χ1v) is 14.1. The Hall–Kier alpha value is -2.59. The van der Waals surface area contributed by atoms with Gasteiger partial charge >= 0.3 is 12.1 Å². The fourth-order valence-corrected chi connectivity index (χ4v) is 6.47. The highest BCUT2D eigenvalue weighted by Crippen LogP contribution is 2.41. The molecule has 2 saturated carbocycles. The monoisotopic (exact) mass is 601 g/mol. The summed E-state index contributed by atoms with van der Waals surface area (Å²) in [5, 5.41) is 13.4. The Morgan fingerprint density at radius 2 is 1.62 bits per heavy atom. The summed E-state index contributed by atoms with van der Waals surface area (Å²) in [6, 6.07) is 3.39. The summed E-state index contributed by atoms with van der Waals surface area (Å²) in [4.78, 5) is 39.8. The van der Waals surface area contributed by atoms with Crippen LogP contribution in [0.25, 0.3) is 0 Å². The SMILES string of the molecule is CC1(C)CCC(N(CC(=O)c2c(Cl)cccc2Cl)C(=O)c2cnn(C3CCC(C(=O)O)CC3)c2C(F)(F)F)CC1. The zero-order chi connectivity index (χ0) is 29.4. The molecule has 0 radical (unpaired) electrons. The van der Waals surface area contributed by atoms with Gasteiger partial charge in [-0.3, -0.25) is 19.1 Å². The largest absolute Gasteiger partial charge is 0.481 e. The van der Waals surface area contributed by atoms with Crippen molar-refractivity contribution in [1.29, 1.82) is 0 Å². The number of aliphatic carboxylic acids is 1. The number of carboxylic acids is 1. The van der Waals surface area contributed by atoms with Crippen molar-refractivity contribution < 1.29 is 32.7 Å². The molecule has 12 heteroatoms. The Morgan fingerprint density at radius 1 is 1.05 bits per heavy atom. The number of hydrogen-bond acceptors (Lipinski definition) is 4. The lowest BCUT2D eigenvalue weighted by molar-refractivity contribution is -0.147. The van der Waals surface area contributed by atoms with E-state index < -0.39 is 59.6 Å². The normalized spacial score (nSPS) is 21.7. The molecule has 2 fully saturated rings. The molecule has 0 unspecified atom stereocenters. The van der Waals surface area contributed by atoms with Gasteiger partial charge < -0.3 is 10.0 Å². The number of carboxylic acid groups (broad SMARTS) is 1. The quantitative estimate of drug-likeness (QED) is 0.336. The zero-order valence-electron chi connectivity index (χ0n) is 22.3. The average molecular weight is 602 g/mol. The first kappa shape index (κ1) is 30.4. The van der Waals surface area contributed by atoms with E-state index in [0.29, 0.717) is 12.8 Å². The van der Waals surface area contributed by atoms with Gasteiger partial charge in [0.2, 0.25) is 0 Å². The predicted molar refractivity (Wildman–Crippen MR) is 144 cm³/mol. The maximum Gasteiger partial charge on any atom is 0.433 e. The standard InChI is InChI=1S/C28H32Cl2F3N3O4/c1-27(2)12-10-17(11-13-27)35(15-22(37)23-20(29)4-3-5-21(23)30)25(38)19-14-34-36(24(19)28(31,32)33)18-8-6-16(7-9-18)26(39)40/h3-5,14,16-18H,6-13,15H2,1-2H3,(H,39,40). The smallest absolute Gasteiger partial charge is 0.433 e. The number of amides is 1. The van der Waals surface area contributed by atoms with Gasteiger partial charge in [0.05, 0.1) is 45.9 Å². The summed E-state index contributed by atoms with van der Waals surface area (Å²) in [5.41, 5.74) is -1.78. The van der Waals surface area contributed by atoms with Gasteiger partial charge in [-0.25, -0.2) is 0 Å². The molecule has 2 aliphatic rings. The van der Waals surface area contributed by atoms with Crippen LogP contribution in [0.2, 0.25) is 10.0 Å². The maximum absolute atomic E-state index is 14.5. The van der Waals surface area contributed by atoms with Crippen LogP contribution in [0.4, 0.5) is 13.2 Å². The van der Waals surface area contributed by atoms with Crippen molar-refractivity contribution in [3.63, 3.8) is 0 Å². The van der Waals surface area contributed by atoms with Crippen LogP contribution in [0.3, 0.4) is 0 Å². The van der Waals surface area contributed by atoms with Crippen LogP contribution >= 0.6 is 23.2 Å². The Balaban J connectivity index is 1.69. The highest BCUT2D eigenvalue weighted by Gasteiger charge is 2.44. The second-order valence-electron chi connectivity index (χ2n) is 11.5. The molecule has 40 heavy (non-hydrogen) atoms. The van der Waals surface area contributed by atoms with E-state index >= 15 is 0 Å². The van der Waals surface area contributed by atoms with E-state index in [4.69, 9.17) is 23.2 Å². The number of halogens is 5. The number of hydrogen-bond donors (Lipinski definition) is 1. The molecular formula is C28H32Cl2F3N3O4. The van der Waals surface area contributed by atoms with Crippen LogP contribution in [0.15, 0.2) is 24.4 Å². The Labute approximate surface area is 240 Å². The van der Waals surface area contributed by atoms with Crippen LogP contribution in [0.5, 0.6) is 0 Å². The summed E-state index contributed by atoms with van der Waals surface area (Å²) in [6.45, 7) is 3.70. The average Bonchev–Trinajstić information content (AvgIpc) is 3.33. The number of carbonyl (C=O) groups is 3. The molecule has 1 heterocycles. The zero-order valence-corrected chi connectivity index (χ0v) is 23.8. The van der Waals surface area contributed by atoms with Gasteiger partial charge in [0.1, 0.15) is 0 Å². The number of ketones is 1. The van der Waals surface area contributed by atoms with Crippen molar-refractivity contribution in [3.8, 4) is 0 Å². The highest BCUT2D eigenvalue weighted by molar-refractivity contribution is 6.40. The van der Waals surface area contributed by atoms with Gasteiger partial charge in [0.25, 0.3) is 5.91 Å². The lowest BCUT2D eigenvalue weighted by Crippen LogP contribution is -2.46. The van der Waals surface area contributed by atoms with E-state index in [0.717, 1.165) is 23.7 Å². The van der Waals surface area contributed by atoms with Crippen LogP contribution < -0.4 is 0 Å². The Kier molecular flexibility index (Phi) is 8.90. The fourth-order valence-electron chi connectivity index (χ4n) is 5.86. The molecule has 1 N–H and O–H groups in total. The van der Waals surface area contributed by atoms with E-state index in [9.17, 15) is 32.7 Å². The van der Waals surface area contributed by atoms with Crippen molar-refractivity contribution in [3.05, 3.63) is 51.3 Å². The molecule has 0 atom stereocenters. The van der Waals surface area contributed by atoms with E-state index in [1.54, 1.807) is 6.07 Å². The lowest BCUT2D eigenvalue weighted by atomic mass is 9.75. The molecule has 218 valence electrons. The molecule has 1 aromatic carbocycles. The summed E-state index contributed by atoms with van der Waals surface area (Å²) < 4.78 is 44.2. The van der Waals surface area contributed by atoms with E-state index in [2.05, 4.69) is 18.9 Å². The van der Waals surface area contributed by atoms with Gasteiger partial charge in [0.15, 0.2) is 11.5 Å². The number of nitrogens with zero attached hydrogens (tertiary/aromatic N) is 3. The first-order chi connectivity index (χ1) is 18.7. The summed E-state index contributed by atoms with van der Waals surface area (Å²) in [6.07, 6.45) is -0.631. The maximum atomic E-state index is 14.5. The third kappa shape index (κ3) is 6.48. The second kappa shape index (κ2) is 11.7. The van der Waals surface area contributed by atoms with E-state index in [-0.39, 0.29) is 46.7 Å². The van der Waals surface area contributed by atoms with Gasteiger partial charge in [-0.05, 0) is 68.9 Å². The number of benzene rings is 1. The van der Waals surface area contributed by atoms with Gasteiger partial charge in [-0.15, -0.1) is 0 Å². The number of aromatic nitrogens is 2. The third-order valence-corrected chi connectivity index (χ3v) is 8.88. The third-order valence-electron chi connectivity index (χ3n) is 8.25. The first-order valence-electron chi connectivity index (χ1n) is 13.4.